The summed E-state index contributed by atoms with van der Waals surface area (Å²) in [4.78, 5) is 8.98. The average molecular weight is 449 g/mol. The maximum Gasteiger partial charge on any atom is 0.216 e. The molecule has 1 aromatic carbocycles. The zero-order valence-electron chi connectivity index (χ0n) is 18.4. The van der Waals surface area contributed by atoms with Crippen LogP contribution in [0.2, 0.25) is 0 Å². The van der Waals surface area contributed by atoms with Gasteiger partial charge in [0, 0.05) is 58.4 Å². The lowest BCUT2D eigenvalue weighted by molar-refractivity contribution is 0.169. The van der Waals surface area contributed by atoms with Gasteiger partial charge in [-0.3, -0.25) is 9.89 Å². The van der Waals surface area contributed by atoms with E-state index in [-0.39, 0.29) is 11.8 Å². The minimum Gasteiger partial charge on any atom is -0.364 e. The van der Waals surface area contributed by atoms with E-state index in [0.29, 0.717) is 6.54 Å². The lowest BCUT2D eigenvalue weighted by Gasteiger charge is -2.36. The van der Waals surface area contributed by atoms with Crippen LogP contribution in [0.4, 0.5) is 0 Å². The highest BCUT2D eigenvalue weighted by Crippen LogP contribution is 2.13. The molecule has 31 heavy (non-hydrogen) atoms. The van der Waals surface area contributed by atoms with Gasteiger partial charge in [0.25, 0.3) is 0 Å². The standard InChI is InChI=1S/C21H32N6O3S/c1-17(2)25-31(28,29)16-19-7-5-4-6-18(19)14-23-21(22-3)27-11-9-26(10-12-27)15-20-8-13-30-24-20/h4-8,13,17,25H,9-12,14-16H2,1-3H3,(H,22,23). The number of nitrogens with zero attached hydrogens (tertiary/aromatic N) is 4. The van der Waals surface area contributed by atoms with Crippen molar-refractivity contribution in [2.45, 2.75) is 38.7 Å². The van der Waals surface area contributed by atoms with Gasteiger partial charge >= 0.3 is 0 Å². The van der Waals surface area contributed by atoms with Crippen LogP contribution in [0.25, 0.3) is 0 Å². The summed E-state index contributed by atoms with van der Waals surface area (Å²) >= 11 is 0. The van der Waals surface area contributed by atoms with Gasteiger partial charge in [-0.15, -0.1) is 0 Å². The second-order valence-corrected chi connectivity index (χ2v) is 9.71. The van der Waals surface area contributed by atoms with Crippen molar-refractivity contribution in [1.29, 1.82) is 0 Å². The van der Waals surface area contributed by atoms with E-state index < -0.39 is 10.0 Å². The molecule has 1 fully saturated rings. The predicted octanol–water partition coefficient (Wildman–Crippen LogP) is 1.40. The van der Waals surface area contributed by atoms with Gasteiger partial charge in [0.2, 0.25) is 10.0 Å². The first-order valence-corrected chi connectivity index (χ1v) is 12.2. The molecule has 0 radical (unpaired) electrons. The van der Waals surface area contributed by atoms with Gasteiger partial charge in [0.1, 0.15) is 6.26 Å². The van der Waals surface area contributed by atoms with Crippen LogP contribution in [0.15, 0.2) is 46.1 Å². The molecular formula is C21H32N6O3S. The summed E-state index contributed by atoms with van der Waals surface area (Å²) in [5, 5.41) is 7.38. The minimum absolute atomic E-state index is 0.0393. The Morgan fingerprint density at radius 2 is 1.87 bits per heavy atom. The van der Waals surface area contributed by atoms with Crippen LogP contribution in [0.5, 0.6) is 0 Å². The molecule has 1 aliphatic rings. The van der Waals surface area contributed by atoms with Gasteiger partial charge in [-0.05, 0) is 25.0 Å². The Bertz CT molecular complexity index is 951. The highest BCUT2D eigenvalue weighted by Gasteiger charge is 2.21. The lowest BCUT2D eigenvalue weighted by atomic mass is 10.1. The third kappa shape index (κ3) is 7.05. The molecule has 2 N–H and O–H groups in total. The van der Waals surface area contributed by atoms with Crippen LogP contribution in [0.1, 0.15) is 30.7 Å². The van der Waals surface area contributed by atoms with E-state index in [1.54, 1.807) is 13.3 Å². The van der Waals surface area contributed by atoms with Crippen LogP contribution < -0.4 is 10.0 Å². The highest BCUT2D eigenvalue weighted by atomic mass is 32.2. The second kappa shape index (κ2) is 10.7. The molecule has 3 rings (SSSR count). The smallest absolute Gasteiger partial charge is 0.216 e. The van der Waals surface area contributed by atoms with Gasteiger partial charge in [-0.1, -0.05) is 29.4 Å². The molecule has 0 bridgehead atoms. The fourth-order valence-corrected chi connectivity index (χ4v) is 5.14. The summed E-state index contributed by atoms with van der Waals surface area (Å²) in [5.41, 5.74) is 2.67. The zero-order valence-corrected chi connectivity index (χ0v) is 19.2. The SMILES string of the molecule is CN=C(NCc1ccccc1CS(=O)(=O)NC(C)C)N1CCN(Cc2ccon2)CC1. The normalized spacial score (nSPS) is 16.1. The van der Waals surface area contributed by atoms with Gasteiger partial charge < -0.3 is 14.7 Å². The van der Waals surface area contributed by atoms with E-state index in [2.05, 4.69) is 30.0 Å². The van der Waals surface area contributed by atoms with Crippen LogP contribution in [0, 0.1) is 0 Å². The zero-order chi connectivity index (χ0) is 22.3. The molecule has 0 spiro atoms. The Kier molecular flexibility index (Phi) is 8.05. The third-order valence-electron chi connectivity index (χ3n) is 5.08. The molecule has 1 saturated heterocycles. The summed E-state index contributed by atoms with van der Waals surface area (Å²) < 4.78 is 32.3. The quantitative estimate of drug-likeness (QED) is 0.465. The predicted molar refractivity (Wildman–Crippen MR) is 121 cm³/mol. The van der Waals surface area contributed by atoms with Crippen molar-refractivity contribution in [2.75, 3.05) is 33.2 Å². The van der Waals surface area contributed by atoms with E-state index in [0.717, 1.165) is 55.5 Å². The molecule has 1 aliphatic heterocycles. The van der Waals surface area contributed by atoms with Gasteiger partial charge in [-0.25, -0.2) is 13.1 Å². The Morgan fingerprint density at radius 3 is 2.48 bits per heavy atom. The lowest BCUT2D eigenvalue weighted by Crippen LogP contribution is -2.52. The van der Waals surface area contributed by atoms with Crippen molar-refractivity contribution in [2.24, 2.45) is 4.99 Å². The van der Waals surface area contributed by atoms with Crippen LogP contribution in [-0.4, -0.2) is 68.6 Å². The Labute approximate surface area is 184 Å². The third-order valence-corrected chi connectivity index (χ3v) is 6.60. The fraction of sp³-hybridized carbons (Fsp3) is 0.524. The number of hydrogen-bond donors (Lipinski definition) is 2. The summed E-state index contributed by atoms with van der Waals surface area (Å²) in [6, 6.07) is 9.37. The topological polar surface area (TPSA) is 103 Å². The monoisotopic (exact) mass is 448 g/mol. The number of benzene rings is 1. The van der Waals surface area contributed by atoms with E-state index in [4.69, 9.17) is 4.52 Å². The molecule has 0 unspecified atom stereocenters. The molecule has 0 amide bonds. The summed E-state index contributed by atoms with van der Waals surface area (Å²) in [7, 11) is -1.61. The molecule has 0 saturated carbocycles. The van der Waals surface area contributed by atoms with Gasteiger partial charge in [0.05, 0.1) is 11.4 Å². The van der Waals surface area contributed by atoms with Crippen LogP contribution in [-0.2, 0) is 28.9 Å². The minimum atomic E-state index is -3.38. The Morgan fingerprint density at radius 1 is 1.16 bits per heavy atom. The molecule has 1 aromatic heterocycles. The first kappa shape index (κ1) is 23.2. The van der Waals surface area contributed by atoms with E-state index in [1.165, 1.54) is 0 Å². The molecule has 0 atom stereocenters. The molecule has 10 heteroatoms. The van der Waals surface area contributed by atoms with Crippen molar-refractivity contribution >= 4 is 16.0 Å². The molecule has 2 heterocycles. The number of piperazine rings is 1. The van der Waals surface area contributed by atoms with Crippen molar-refractivity contribution in [3.05, 3.63) is 53.4 Å². The Hall–Kier alpha value is -2.43. The summed E-state index contributed by atoms with van der Waals surface area (Å²) in [5.74, 6) is 0.779. The molecule has 0 aliphatic carbocycles. The number of hydrogen-bond acceptors (Lipinski definition) is 6. The number of nitrogens with one attached hydrogen (secondary N) is 2. The number of aromatic nitrogens is 1. The largest absolute Gasteiger partial charge is 0.364 e. The van der Waals surface area contributed by atoms with E-state index >= 15 is 0 Å². The number of guanidine groups is 1. The summed E-state index contributed by atoms with van der Waals surface area (Å²) in [6.07, 6.45) is 1.60. The first-order valence-electron chi connectivity index (χ1n) is 10.5. The highest BCUT2D eigenvalue weighted by molar-refractivity contribution is 7.88. The van der Waals surface area contributed by atoms with Crippen LogP contribution in [0.3, 0.4) is 0 Å². The number of aliphatic imine (C=N–C) groups is 1. The molecular weight excluding hydrogens is 416 g/mol. The van der Waals surface area contributed by atoms with Crippen molar-refractivity contribution in [3.8, 4) is 0 Å². The van der Waals surface area contributed by atoms with E-state index in [9.17, 15) is 8.42 Å². The van der Waals surface area contributed by atoms with Crippen molar-refractivity contribution < 1.29 is 12.9 Å². The Balaban J connectivity index is 1.55. The molecule has 9 nitrogen and oxygen atoms in total. The van der Waals surface area contributed by atoms with Crippen LogP contribution >= 0.6 is 0 Å². The maximum absolute atomic E-state index is 12.4. The summed E-state index contributed by atoms with van der Waals surface area (Å²) in [6.45, 7) is 8.45. The van der Waals surface area contributed by atoms with Crippen molar-refractivity contribution in [1.82, 2.24) is 25.0 Å². The maximum atomic E-state index is 12.4. The first-order chi connectivity index (χ1) is 14.9. The average Bonchev–Trinajstić information content (AvgIpc) is 3.22. The van der Waals surface area contributed by atoms with Crippen molar-refractivity contribution in [3.63, 3.8) is 0 Å². The molecule has 2 aromatic rings. The van der Waals surface area contributed by atoms with E-state index in [1.807, 2.05) is 44.2 Å². The van der Waals surface area contributed by atoms with Gasteiger partial charge in [-0.2, -0.15) is 0 Å². The number of rotatable bonds is 8. The fourth-order valence-electron chi connectivity index (χ4n) is 3.65. The molecule has 170 valence electrons. The second-order valence-electron chi connectivity index (χ2n) is 7.96. The number of sulfonamides is 1. The van der Waals surface area contributed by atoms with Gasteiger partial charge in [0.15, 0.2) is 5.96 Å².